The molecule has 4 nitrogen and oxygen atoms in total. The minimum absolute atomic E-state index is 0.241. The Morgan fingerprint density at radius 1 is 1.40 bits per heavy atom. The minimum atomic E-state index is 0.241. The predicted molar refractivity (Wildman–Crippen MR) is 58.7 cm³/mol. The standard InChI is InChI=1S/C11H18N2O2/c1-9(2)14-5-6-15-11-3-4-13-10(7-11)8-12/h3-4,7,9H,5-6,8,12H2,1-2H3. The Morgan fingerprint density at radius 3 is 2.87 bits per heavy atom. The summed E-state index contributed by atoms with van der Waals surface area (Å²) in [6.45, 7) is 5.57. The smallest absolute Gasteiger partial charge is 0.122 e. The highest BCUT2D eigenvalue weighted by Crippen LogP contribution is 2.10. The fraction of sp³-hybridized carbons (Fsp3) is 0.545. The number of hydrogen-bond acceptors (Lipinski definition) is 4. The summed E-state index contributed by atoms with van der Waals surface area (Å²) in [5.74, 6) is 0.790. The average Bonchev–Trinajstić information content (AvgIpc) is 2.24. The van der Waals surface area contributed by atoms with E-state index in [1.165, 1.54) is 0 Å². The molecule has 1 heterocycles. The van der Waals surface area contributed by atoms with E-state index in [2.05, 4.69) is 4.98 Å². The molecule has 84 valence electrons. The molecule has 0 spiro atoms. The maximum atomic E-state index is 5.48. The summed E-state index contributed by atoms with van der Waals surface area (Å²) in [5, 5.41) is 0. The molecule has 2 N–H and O–H groups in total. The zero-order valence-electron chi connectivity index (χ0n) is 9.27. The van der Waals surface area contributed by atoms with Crippen molar-refractivity contribution in [2.24, 2.45) is 5.73 Å². The van der Waals surface area contributed by atoms with Crippen LogP contribution >= 0.6 is 0 Å². The Kier molecular flexibility index (Phi) is 5.07. The van der Waals surface area contributed by atoms with E-state index in [1.54, 1.807) is 6.20 Å². The molecule has 15 heavy (non-hydrogen) atoms. The fourth-order valence-electron chi connectivity index (χ4n) is 1.10. The van der Waals surface area contributed by atoms with Gasteiger partial charge in [-0.3, -0.25) is 4.98 Å². The predicted octanol–water partition coefficient (Wildman–Crippen LogP) is 1.34. The monoisotopic (exact) mass is 210 g/mol. The quantitative estimate of drug-likeness (QED) is 0.720. The van der Waals surface area contributed by atoms with Crippen LogP contribution in [0.5, 0.6) is 5.75 Å². The molecule has 0 fully saturated rings. The van der Waals surface area contributed by atoms with Crippen molar-refractivity contribution in [1.29, 1.82) is 0 Å². The van der Waals surface area contributed by atoms with Gasteiger partial charge >= 0.3 is 0 Å². The van der Waals surface area contributed by atoms with Crippen LogP contribution in [-0.4, -0.2) is 24.3 Å². The van der Waals surface area contributed by atoms with Crippen molar-refractivity contribution in [3.05, 3.63) is 24.0 Å². The molecule has 0 aliphatic rings. The molecule has 0 saturated heterocycles. The zero-order chi connectivity index (χ0) is 11.1. The van der Waals surface area contributed by atoms with Crippen molar-refractivity contribution >= 4 is 0 Å². The van der Waals surface area contributed by atoms with Gasteiger partial charge in [0.25, 0.3) is 0 Å². The zero-order valence-corrected chi connectivity index (χ0v) is 9.27. The third-order valence-corrected chi connectivity index (χ3v) is 1.80. The Balaban J connectivity index is 2.30. The van der Waals surface area contributed by atoms with E-state index in [4.69, 9.17) is 15.2 Å². The number of aromatic nitrogens is 1. The van der Waals surface area contributed by atoms with Gasteiger partial charge in [-0.05, 0) is 19.9 Å². The van der Waals surface area contributed by atoms with Gasteiger partial charge < -0.3 is 15.2 Å². The van der Waals surface area contributed by atoms with Crippen LogP contribution in [0.2, 0.25) is 0 Å². The molecule has 4 heteroatoms. The second-order valence-electron chi connectivity index (χ2n) is 3.46. The highest BCUT2D eigenvalue weighted by Gasteiger charge is 1.97. The van der Waals surface area contributed by atoms with E-state index in [9.17, 15) is 0 Å². The van der Waals surface area contributed by atoms with Crippen LogP contribution in [0.25, 0.3) is 0 Å². The molecule has 1 rings (SSSR count). The molecule has 0 saturated carbocycles. The lowest BCUT2D eigenvalue weighted by Crippen LogP contribution is -2.11. The van der Waals surface area contributed by atoms with Gasteiger partial charge in [0.2, 0.25) is 0 Å². The Morgan fingerprint density at radius 2 is 2.20 bits per heavy atom. The normalized spacial score (nSPS) is 10.7. The van der Waals surface area contributed by atoms with Crippen LogP contribution in [0, 0.1) is 0 Å². The van der Waals surface area contributed by atoms with Crippen LogP contribution in [0.15, 0.2) is 18.3 Å². The topological polar surface area (TPSA) is 57.4 Å². The van der Waals surface area contributed by atoms with Crippen LogP contribution in [0.4, 0.5) is 0 Å². The summed E-state index contributed by atoms with van der Waals surface area (Å²) in [5.41, 5.74) is 6.30. The molecular formula is C11H18N2O2. The van der Waals surface area contributed by atoms with Gasteiger partial charge in [-0.15, -0.1) is 0 Å². The number of hydrogen-bond donors (Lipinski definition) is 1. The largest absolute Gasteiger partial charge is 0.491 e. The van der Waals surface area contributed by atoms with E-state index in [0.717, 1.165) is 11.4 Å². The number of ether oxygens (including phenoxy) is 2. The van der Waals surface area contributed by atoms with Crippen LogP contribution < -0.4 is 10.5 Å². The molecule has 0 bridgehead atoms. The second-order valence-corrected chi connectivity index (χ2v) is 3.46. The summed E-state index contributed by atoms with van der Waals surface area (Å²) >= 11 is 0. The van der Waals surface area contributed by atoms with Gasteiger partial charge in [0.1, 0.15) is 12.4 Å². The van der Waals surface area contributed by atoms with E-state index >= 15 is 0 Å². The highest BCUT2D eigenvalue weighted by molar-refractivity contribution is 5.22. The number of nitrogens with two attached hydrogens (primary N) is 1. The van der Waals surface area contributed by atoms with Gasteiger partial charge in [0.05, 0.1) is 18.4 Å². The first-order chi connectivity index (χ1) is 7.22. The molecule has 0 aliphatic carbocycles. The molecule has 0 amide bonds. The van der Waals surface area contributed by atoms with E-state index < -0.39 is 0 Å². The Labute approximate surface area is 90.4 Å². The Bertz CT molecular complexity index is 290. The number of nitrogens with zero attached hydrogens (tertiary/aromatic N) is 1. The first-order valence-electron chi connectivity index (χ1n) is 5.11. The first kappa shape index (κ1) is 11.9. The lowest BCUT2D eigenvalue weighted by atomic mass is 10.3. The van der Waals surface area contributed by atoms with Gasteiger partial charge in [-0.1, -0.05) is 0 Å². The van der Waals surface area contributed by atoms with Crippen molar-refractivity contribution in [3.8, 4) is 5.75 Å². The molecule has 0 radical (unpaired) electrons. The van der Waals surface area contributed by atoms with Gasteiger partial charge in [-0.2, -0.15) is 0 Å². The maximum absolute atomic E-state index is 5.48. The van der Waals surface area contributed by atoms with Crippen LogP contribution in [-0.2, 0) is 11.3 Å². The van der Waals surface area contributed by atoms with Crippen molar-refractivity contribution in [1.82, 2.24) is 4.98 Å². The van der Waals surface area contributed by atoms with Gasteiger partial charge in [0, 0.05) is 18.8 Å². The van der Waals surface area contributed by atoms with E-state index in [1.807, 2.05) is 26.0 Å². The molecule has 0 atom stereocenters. The van der Waals surface area contributed by atoms with Crippen LogP contribution in [0.1, 0.15) is 19.5 Å². The maximum Gasteiger partial charge on any atom is 0.122 e. The van der Waals surface area contributed by atoms with Crippen molar-refractivity contribution in [3.63, 3.8) is 0 Å². The molecule has 0 aromatic carbocycles. The number of pyridine rings is 1. The summed E-state index contributed by atoms with van der Waals surface area (Å²) < 4.78 is 10.8. The average molecular weight is 210 g/mol. The molecular weight excluding hydrogens is 192 g/mol. The molecule has 0 aliphatic heterocycles. The van der Waals surface area contributed by atoms with Gasteiger partial charge in [-0.25, -0.2) is 0 Å². The summed E-state index contributed by atoms with van der Waals surface area (Å²) in [7, 11) is 0. The van der Waals surface area contributed by atoms with Crippen molar-refractivity contribution in [2.75, 3.05) is 13.2 Å². The molecule has 0 unspecified atom stereocenters. The third kappa shape index (κ3) is 4.76. The molecule has 1 aromatic rings. The summed E-state index contributed by atoms with van der Waals surface area (Å²) in [6, 6.07) is 3.66. The third-order valence-electron chi connectivity index (χ3n) is 1.80. The highest BCUT2D eigenvalue weighted by atomic mass is 16.5. The van der Waals surface area contributed by atoms with Crippen molar-refractivity contribution in [2.45, 2.75) is 26.5 Å². The summed E-state index contributed by atoms with van der Waals surface area (Å²) in [6.07, 6.45) is 1.94. The second kappa shape index (κ2) is 6.37. The lowest BCUT2D eigenvalue weighted by Gasteiger charge is -2.09. The van der Waals surface area contributed by atoms with Crippen LogP contribution in [0.3, 0.4) is 0 Å². The van der Waals surface area contributed by atoms with Gasteiger partial charge in [0.15, 0.2) is 0 Å². The van der Waals surface area contributed by atoms with Crippen molar-refractivity contribution < 1.29 is 9.47 Å². The summed E-state index contributed by atoms with van der Waals surface area (Å²) in [4.78, 5) is 4.08. The minimum Gasteiger partial charge on any atom is -0.491 e. The lowest BCUT2D eigenvalue weighted by molar-refractivity contribution is 0.0552. The molecule has 1 aromatic heterocycles. The van der Waals surface area contributed by atoms with E-state index in [-0.39, 0.29) is 6.10 Å². The Hall–Kier alpha value is -1.13. The fourth-order valence-corrected chi connectivity index (χ4v) is 1.10. The number of rotatable bonds is 6. The van der Waals surface area contributed by atoms with E-state index in [0.29, 0.717) is 19.8 Å². The SMILES string of the molecule is CC(C)OCCOc1ccnc(CN)c1. The first-order valence-corrected chi connectivity index (χ1v) is 5.11.